The average molecular weight is 309 g/mol. The van der Waals surface area contributed by atoms with Crippen LogP contribution in [0.5, 0.6) is 0 Å². The standard InChI is InChI=1S/C18H19N3O2/c1-12-7-9-13(10-8-12)15-11-19-17(22)16(15)18(23)21-20-14-5-3-2-4-6-14/h2-10,15-16,20H,11H2,1H3,(H,19,22)(H,21,23). The van der Waals surface area contributed by atoms with Crippen LogP contribution in [-0.4, -0.2) is 18.4 Å². The molecule has 23 heavy (non-hydrogen) atoms. The maximum absolute atomic E-state index is 12.4. The van der Waals surface area contributed by atoms with Gasteiger partial charge in [-0.15, -0.1) is 0 Å². The molecule has 2 unspecified atom stereocenters. The highest BCUT2D eigenvalue weighted by Crippen LogP contribution is 2.29. The van der Waals surface area contributed by atoms with Crippen molar-refractivity contribution in [2.45, 2.75) is 12.8 Å². The molecule has 1 fully saturated rings. The van der Waals surface area contributed by atoms with Gasteiger partial charge in [-0.1, -0.05) is 48.0 Å². The minimum atomic E-state index is -0.728. The molecule has 0 bridgehead atoms. The third-order valence-corrected chi connectivity index (χ3v) is 4.07. The summed E-state index contributed by atoms with van der Waals surface area (Å²) in [6, 6.07) is 17.3. The van der Waals surface area contributed by atoms with Crippen molar-refractivity contribution in [1.29, 1.82) is 0 Å². The first kappa shape index (κ1) is 15.1. The van der Waals surface area contributed by atoms with Crippen LogP contribution < -0.4 is 16.2 Å². The maximum Gasteiger partial charge on any atom is 0.251 e. The van der Waals surface area contributed by atoms with Gasteiger partial charge in [0, 0.05) is 12.5 Å². The first-order chi connectivity index (χ1) is 11.1. The number of benzene rings is 2. The van der Waals surface area contributed by atoms with E-state index < -0.39 is 5.92 Å². The smallest absolute Gasteiger partial charge is 0.251 e. The van der Waals surface area contributed by atoms with Crippen molar-refractivity contribution in [3.05, 3.63) is 65.7 Å². The monoisotopic (exact) mass is 309 g/mol. The molecule has 1 aliphatic rings. The number of hydrogen-bond acceptors (Lipinski definition) is 3. The van der Waals surface area contributed by atoms with Gasteiger partial charge in [0.2, 0.25) is 5.91 Å². The van der Waals surface area contributed by atoms with Crippen LogP contribution in [0.1, 0.15) is 17.0 Å². The zero-order valence-electron chi connectivity index (χ0n) is 12.9. The summed E-state index contributed by atoms with van der Waals surface area (Å²) in [6.45, 7) is 2.49. The van der Waals surface area contributed by atoms with Gasteiger partial charge in [0.15, 0.2) is 0 Å². The summed E-state index contributed by atoms with van der Waals surface area (Å²) in [7, 11) is 0. The van der Waals surface area contributed by atoms with Gasteiger partial charge < -0.3 is 5.32 Å². The predicted molar refractivity (Wildman–Crippen MR) is 88.6 cm³/mol. The van der Waals surface area contributed by atoms with Crippen molar-refractivity contribution in [2.75, 3.05) is 12.0 Å². The van der Waals surface area contributed by atoms with Gasteiger partial charge in [-0.05, 0) is 24.6 Å². The molecule has 1 saturated heterocycles. The molecule has 5 heteroatoms. The lowest BCUT2D eigenvalue weighted by molar-refractivity contribution is -0.133. The summed E-state index contributed by atoms with van der Waals surface area (Å²) in [6.07, 6.45) is 0. The van der Waals surface area contributed by atoms with E-state index in [4.69, 9.17) is 0 Å². The zero-order valence-corrected chi connectivity index (χ0v) is 12.9. The van der Waals surface area contributed by atoms with E-state index in [1.807, 2.05) is 61.5 Å². The minimum Gasteiger partial charge on any atom is -0.355 e. The number of para-hydroxylation sites is 1. The Labute approximate surface area is 135 Å². The van der Waals surface area contributed by atoms with Gasteiger partial charge in [-0.2, -0.15) is 0 Å². The van der Waals surface area contributed by atoms with Crippen LogP contribution in [0, 0.1) is 12.8 Å². The van der Waals surface area contributed by atoms with Crippen molar-refractivity contribution in [3.63, 3.8) is 0 Å². The fourth-order valence-electron chi connectivity index (χ4n) is 2.78. The minimum absolute atomic E-state index is 0.152. The van der Waals surface area contributed by atoms with E-state index in [2.05, 4.69) is 16.2 Å². The summed E-state index contributed by atoms with van der Waals surface area (Å²) >= 11 is 0. The number of aryl methyl sites for hydroxylation is 1. The first-order valence-electron chi connectivity index (χ1n) is 7.60. The van der Waals surface area contributed by atoms with Crippen molar-refractivity contribution in [2.24, 2.45) is 5.92 Å². The number of hydrogen-bond donors (Lipinski definition) is 3. The number of anilines is 1. The number of carbonyl (C=O) groups excluding carboxylic acids is 2. The summed E-state index contributed by atoms with van der Waals surface area (Å²) in [5.41, 5.74) is 8.39. The molecule has 0 aliphatic carbocycles. The number of carbonyl (C=O) groups is 2. The zero-order chi connectivity index (χ0) is 16.2. The van der Waals surface area contributed by atoms with E-state index in [0.29, 0.717) is 6.54 Å². The van der Waals surface area contributed by atoms with E-state index in [9.17, 15) is 9.59 Å². The largest absolute Gasteiger partial charge is 0.355 e. The van der Waals surface area contributed by atoms with Gasteiger partial charge in [0.1, 0.15) is 5.92 Å². The van der Waals surface area contributed by atoms with Crippen molar-refractivity contribution >= 4 is 17.5 Å². The van der Waals surface area contributed by atoms with Crippen LogP contribution in [0.3, 0.4) is 0 Å². The number of hydrazine groups is 1. The van der Waals surface area contributed by atoms with E-state index in [0.717, 1.165) is 16.8 Å². The summed E-state index contributed by atoms with van der Waals surface area (Å²) in [5.74, 6) is -1.44. The van der Waals surface area contributed by atoms with Gasteiger partial charge >= 0.3 is 0 Å². The molecule has 2 amide bonds. The highest BCUT2D eigenvalue weighted by Gasteiger charge is 2.40. The van der Waals surface area contributed by atoms with Gasteiger partial charge in [-0.3, -0.25) is 20.4 Å². The van der Waals surface area contributed by atoms with Crippen molar-refractivity contribution in [1.82, 2.24) is 10.7 Å². The van der Waals surface area contributed by atoms with Crippen LogP contribution in [-0.2, 0) is 9.59 Å². The molecule has 0 saturated carbocycles. The third kappa shape index (κ3) is 3.34. The molecule has 0 spiro atoms. The topological polar surface area (TPSA) is 70.2 Å². The second-order valence-corrected chi connectivity index (χ2v) is 5.72. The summed E-state index contributed by atoms with van der Waals surface area (Å²) in [4.78, 5) is 24.5. The average Bonchev–Trinajstić information content (AvgIpc) is 2.96. The van der Waals surface area contributed by atoms with Gasteiger partial charge in [0.25, 0.3) is 5.91 Å². The molecule has 2 atom stereocenters. The molecular weight excluding hydrogens is 290 g/mol. The molecule has 0 aromatic heterocycles. The second-order valence-electron chi connectivity index (χ2n) is 5.72. The lowest BCUT2D eigenvalue weighted by atomic mass is 9.87. The Morgan fingerprint density at radius 1 is 1.09 bits per heavy atom. The maximum atomic E-state index is 12.4. The number of nitrogens with one attached hydrogen (secondary N) is 3. The highest BCUT2D eigenvalue weighted by atomic mass is 16.2. The van der Waals surface area contributed by atoms with Crippen LogP contribution in [0.15, 0.2) is 54.6 Å². The normalized spacial score (nSPS) is 20.0. The molecule has 2 aromatic rings. The fraction of sp³-hybridized carbons (Fsp3) is 0.222. The lowest BCUT2D eigenvalue weighted by Gasteiger charge is -2.18. The molecule has 5 nitrogen and oxygen atoms in total. The Kier molecular flexibility index (Phi) is 4.28. The summed E-state index contributed by atoms with van der Waals surface area (Å²) in [5, 5.41) is 2.78. The third-order valence-electron chi connectivity index (χ3n) is 4.07. The predicted octanol–water partition coefficient (Wildman–Crippen LogP) is 1.97. The number of amides is 2. The molecule has 1 heterocycles. The fourth-order valence-corrected chi connectivity index (χ4v) is 2.78. The van der Waals surface area contributed by atoms with Crippen molar-refractivity contribution in [3.8, 4) is 0 Å². The molecule has 2 aromatic carbocycles. The SMILES string of the molecule is Cc1ccc(C2CNC(=O)C2C(=O)NNc2ccccc2)cc1. The molecule has 3 N–H and O–H groups in total. The highest BCUT2D eigenvalue weighted by molar-refractivity contribution is 6.03. The van der Waals surface area contributed by atoms with Gasteiger partial charge in [-0.25, -0.2) is 0 Å². The van der Waals surface area contributed by atoms with Crippen LogP contribution in [0.25, 0.3) is 0 Å². The van der Waals surface area contributed by atoms with Crippen molar-refractivity contribution < 1.29 is 9.59 Å². The van der Waals surface area contributed by atoms with Gasteiger partial charge in [0.05, 0.1) is 5.69 Å². The van der Waals surface area contributed by atoms with Crippen LogP contribution in [0.4, 0.5) is 5.69 Å². The Hall–Kier alpha value is -2.82. The van der Waals surface area contributed by atoms with E-state index in [1.165, 1.54) is 0 Å². The molecular formula is C18H19N3O2. The Bertz CT molecular complexity index is 698. The van der Waals surface area contributed by atoms with E-state index in [1.54, 1.807) is 0 Å². The van der Waals surface area contributed by atoms with Crippen LogP contribution >= 0.6 is 0 Å². The van der Waals surface area contributed by atoms with E-state index >= 15 is 0 Å². The molecule has 118 valence electrons. The number of rotatable bonds is 4. The molecule has 1 aliphatic heterocycles. The Morgan fingerprint density at radius 3 is 2.48 bits per heavy atom. The Balaban J connectivity index is 1.71. The first-order valence-corrected chi connectivity index (χ1v) is 7.60. The summed E-state index contributed by atoms with van der Waals surface area (Å²) < 4.78 is 0. The van der Waals surface area contributed by atoms with E-state index in [-0.39, 0.29) is 17.7 Å². The Morgan fingerprint density at radius 2 is 1.78 bits per heavy atom. The second kappa shape index (κ2) is 6.52. The molecule has 3 rings (SSSR count). The van der Waals surface area contributed by atoms with Crippen LogP contribution in [0.2, 0.25) is 0 Å². The quantitative estimate of drug-likeness (QED) is 0.597. The molecule has 0 radical (unpaired) electrons. The lowest BCUT2D eigenvalue weighted by Crippen LogP contribution is -2.40.